The number of likely N-dealkylation sites (tertiary alicyclic amines) is 1. The predicted octanol–water partition coefficient (Wildman–Crippen LogP) is 3.91. The highest BCUT2D eigenvalue weighted by molar-refractivity contribution is 6.42. The van der Waals surface area contributed by atoms with Crippen LogP contribution in [0.25, 0.3) is 0 Å². The maximum absolute atomic E-state index is 11.8. The molecule has 1 aromatic rings. The van der Waals surface area contributed by atoms with Crippen molar-refractivity contribution in [3.63, 3.8) is 0 Å². The fourth-order valence-electron chi connectivity index (χ4n) is 4.18. The first kappa shape index (κ1) is 22.7. The van der Waals surface area contributed by atoms with Crippen LogP contribution in [0.5, 0.6) is 0 Å². The van der Waals surface area contributed by atoms with Gasteiger partial charge in [-0.05, 0) is 68.9 Å². The molecule has 1 aromatic carbocycles. The Bertz CT molecular complexity index is 687. The van der Waals surface area contributed by atoms with Gasteiger partial charge in [0.1, 0.15) is 0 Å². The Morgan fingerprint density at radius 1 is 1.00 bits per heavy atom. The maximum Gasteiger partial charge on any atom is 0.224 e. The number of aliphatic hydroxyl groups is 1. The van der Waals surface area contributed by atoms with Gasteiger partial charge in [0.15, 0.2) is 0 Å². The summed E-state index contributed by atoms with van der Waals surface area (Å²) < 4.78 is 0. The molecule has 4 rings (SSSR count). The zero-order chi connectivity index (χ0) is 20.9. The van der Waals surface area contributed by atoms with Gasteiger partial charge in [0.25, 0.3) is 0 Å². The van der Waals surface area contributed by atoms with Crippen LogP contribution in [-0.2, 0) is 4.79 Å². The second-order valence-corrected chi connectivity index (χ2v) is 9.19. The lowest BCUT2D eigenvalue weighted by atomic mass is 9.94. The number of piperidine rings is 1. The quantitative estimate of drug-likeness (QED) is 0.768. The van der Waals surface area contributed by atoms with Crippen LogP contribution >= 0.6 is 23.2 Å². The number of anilines is 1. The third-order valence-electron chi connectivity index (χ3n) is 6.55. The minimum absolute atomic E-state index is 0.00148. The largest absolute Gasteiger partial charge is 0.395 e. The molecule has 1 saturated carbocycles. The Morgan fingerprint density at radius 3 is 2.31 bits per heavy atom. The number of rotatable bonds is 4. The zero-order valence-corrected chi connectivity index (χ0v) is 18.9. The second kappa shape index (κ2) is 10.3. The van der Waals surface area contributed by atoms with E-state index in [2.05, 4.69) is 16.7 Å². The number of β-amino-alcohol motifs (C(OH)–C–C–N with tert-alkyl or cyclic N) is 1. The van der Waals surface area contributed by atoms with E-state index in [1.807, 2.05) is 12.1 Å². The molecule has 3 fully saturated rings. The van der Waals surface area contributed by atoms with Gasteiger partial charge in [0.05, 0.1) is 16.7 Å². The van der Waals surface area contributed by atoms with Crippen LogP contribution in [0.4, 0.5) is 5.69 Å². The number of carbonyl (C=O) groups is 1. The van der Waals surface area contributed by atoms with Gasteiger partial charge in [-0.15, -0.1) is 0 Å². The van der Waals surface area contributed by atoms with Crippen LogP contribution in [0.2, 0.25) is 10.0 Å². The van der Waals surface area contributed by atoms with E-state index in [1.54, 1.807) is 11.0 Å². The van der Waals surface area contributed by atoms with Crippen LogP contribution in [0.1, 0.15) is 39.0 Å². The smallest absolute Gasteiger partial charge is 0.224 e. The first-order chi connectivity index (χ1) is 14.0. The van der Waals surface area contributed by atoms with Crippen molar-refractivity contribution >= 4 is 34.8 Å². The number of hydrogen-bond acceptors (Lipinski definition) is 4. The normalized spacial score (nSPS) is 21.6. The molecule has 0 atom stereocenters. The molecule has 1 amide bonds. The van der Waals surface area contributed by atoms with E-state index in [9.17, 15) is 4.79 Å². The molecule has 0 bridgehead atoms. The van der Waals surface area contributed by atoms with Gasteiger partial charge in [-0.2, -0.15) is 0 Å². The fraction of sp³-hybridized carbons (Fsp3) is 0.682. The molecule has 3 aliphatic rings. The molecule has 1 aliphatic carbocycles. The molecule has 1 N–H and O–H groups in total. The number of benzene rings is 1. The lowest BCUT2D eigenvalue weighted by molar-refractivity contribution is -0.130. The van der Waals surface area contributed by atoms with Crippen molar-refractivity contribution in [1.82, 2.24) is 9.80 Å². The van der Waals surface area contributed by atoms with E-state index < -0.39 is 0 Å². The number of hydrogen-bond donors (Lipinski definition) is 1. The van der Waals surface area contributed by atoms with Crippen molar-refractivity contribution in [2.75, 3.05) is 57.3 Å². The van der Waals surface area contributed by atoms with Crippen LogP contribution in [0.3, 0.4) is 0 Å². The van der Waals surface area contributed by atoms with Crippen LogP contribution < -0.4 is 4.90 Å². The van der Waals surface area contributed by atoms with E-state index >= 15 is 0 Å². The number of halogens is 2. The lowest BCUT2D eigenvalue weighted by Gasteiger charge is -2.30. The number of amides is 1. The SMILES string of the molecule is CCN1CCC2(CC1)CC2.O=C1CCN(c2ccc(Cl)c(Cl)c2)CCN1CCO. The van der Waals surface area contributed by atoms with E-state index in [0.29, 0.717) is 36.1 Å². The van der Waals surface area contributed by atoms with Crippen molar-refractivity contribution in [1.29, 1.82) is 0 Å². The maximum atomic E-state index is 11.8. The topological polar surface area (TPSA) is 47.0 Å². The summed E-state index contributed by atoms with van der Waals surface area (Å²) in [5, 5.41) is 9.98. The summed E-state index contributed by atoms with van der Waals surface area (Å²) >= 11 is 11.9. The van der Waals surface area contributed by atoms with E-state index in [0.717, 1.165) is 17.6 Å². The molecule has 1 spiro atoms. The summed E-state index contributed by atoms with van der Waals surface area (Å²) in [5.41, 5.74) is 1.83. The summed E-state index contributed by atoms with van der Waals surface area (Å²) in [6, 6.07) is 5.48. The predicted molar refractivity (Wildman–Crippen MR) is 120 cm³/mol. The van der Waals surface area contributed by atoms with Gasteiger partial charge >= 0.3 is 0 Å². The standard InChI is InChI=1S/C13H16Cl2N2O2.C9H17N/c14-11-2-1-10(9-12(11)15)16-4-3-13(19)17(6-5-16)7-8-18;1-2-10-7-5-9(3-4-9)6-8-10/h1-2,9,18H,3-8H2;2-8H2,1H3. The van der Waals surface area contributed by atoms with Crippen LogP contribution in [-0.4, -0.2) is 73.2 Å². The number of nitrogens with zero attached hydrogens (tertiary/aromatic N) is 3. The molecule has 29 heavy (non-hydrogen) atoms. The Balaban J connectivity index is 0.000000200. The van der Waals surface area contributed by atoms with Crippen LogP contribution in [0, 0.1) is 5.41 Å². The lowest BCUT2D eigenvalue weighted by Crippen LogP contribution is -2.35. The summed E-state index contributed by atoms with van der Waals surface area (Å²) in [5.74, 6) is 0.0802. The Labute approximate surface area is 184 Å². The highest BCUT2D eigenvalue weighted by Gasteiger charge is 2.43. The third-order valence-corrected chi connectivity index (χ3v) is 7.29. The zero-order valence-electron chi connectivity index (χ0n) is 17.4. The molecular weight excluding hydrogens is 409 g/mol. The number of carbonyl (C=O) groups excluding carboxylic acids is 1. The number of aliphatic hydroxyl groups excluding tert-OH is 1. The Kier molecular flexibility index (Phi) is 8.08. The Hall–Kier alpha value is -1.01. The molecule has 7 heteroatoms. The van der Waals surface area contributed by atoms with Gasteiger partial charge < -0.3 is 19.8 Å². The highest BCUT2D eigenvalue weighted by atomic mass is 35.5. The molecule has 0 unspecified atom stereocenters. The fourth-order valence-corrected chi connectivity index (χ4v) is 4.48. The molecule has 2 saturated heterocycles. The Morgan fingerprint density at radius 2 is 1.72 bits per heavy atom. The van der Waals surface area contributed by atoms with Crippen molar-refractivity contribution in [3.05, 3.63) is 28.2 Å². The van der Waals surface area contributed by atoms with Gasteiger partial charge in [-0.1, -0.05) is 30.1 Å². The van der Waals surface area contributed by atoms with Crippen molar-refractivity contribution in [2.24, 2.45) is 5.41 Å². The van der Waals surface area contributed by atoms with Gasteiger partial charge in [0.2, 0.25) is 5.91 Å². The van der Waals surface area contributed by atoms with Gasteiger partial charge in [-0.3, -0.25) is 4.79 Å². The van der Waals surface area contributed by atoms with Gasteiger partial charge in [-0.25, -0.2) is 0 Å². The second-order valence-electron chi connectivity index (χ2n) is 8.37. The van der Waals surface area contributed by atoms with Crippen molar-refractivity contribution in [3.8, 4) is 0 Å². The first-order valence-electron chi connectivity index (χ1n) is 10.8. The summed E-state index contributed by atoms with van der Waals surface area (Å²) in [7, 11) is 0. The third kappa shape index (κ3) is 6.24. The average molecular weight is 442 g/mol. The summed E-state index contributed by atoms with van der Waals surface area (Å²) in [6.07, 6.45) is 6.48. The highest BCUT2D eigenvalue weighted by Crippen LogP contribution is 2.53. The van der Waals surface area contributed by atoms with E-state index in [4.69, 9.17) is 28.3 Å². The first-order valence-corrected chi connectivity index (χ1v) is 11.5. The summed E-state index contributed by atoms with van der Waals surface area (Å²) in [4.78, 5) is 18.2. The van der Waals surface area contributed by atoms with Gasteiger partial charge in [0, 0.05) is 38.3 Å². The molecule has 5 nitrogen and oxygen atoms in total. The summed E-state index contributed by atoms with van der Waals surface area (Å²) in [6.45, 7) is 8.66. The minimum Gasteiger partial charge on any atom is -0.395 e. The average Bonchev–Trinajstić information content (AvgIpc) is 3.51. The van der Waals surface area contributed by atoms with Crippen molar-refractivity contribution in [2.45, 2.75) is 39.0 Å². The molecule has 2 heterocycles. The molecule has 0 aromatic heterocycles. The van der Waals surface area contributed by atoms with E-state index in [-0.39, 0.29) is 12.5 Å². The molecular formula is C22H33Cl2N3O2. The monoisotopic (exact) mass is 441 g/mol. The van der Waals surface area contributed by atoms with E-state index in [1.165, 1.54) is 45.3 Å². The minimum atomic E-state index is -0.00148. The molecule has 2 aliphatic heterocycles. The molecule has 162 valence electrons. The van der Waals surface area contributed by atoms with Crippen molar-refractivity contribution < 1.29 is 9.90 Å². The van der Waals surface area contributed by atoms with Crippen LogP contribution in [0.15, 0.2) is 18.2 Å². The molecule has 0 radical (unpaired) electrons.